The lowest BCUT2D eigenvalue weighted by Crippen LogP contribution is -2.45. The Morgan fingerprint density at radius 1 is 0.833 bits per heavy atom. The SMILES string of the molecule is CC(C)[Si](/C(Br)=C(\Cl)c1cccc2ccccc12)(C(C)C)C(C)C. The van der Waals surface area contributed by atoms with Crippen LogP contribution in [0.2, 0.25) is 16.6 Å². The molecule has 0 unspecified atom stereocenters. The maximum absolute atomic E-state index is 7.02. The van der Waals surface area contributed by atoms with Gasteiger partial charge in [0.15, 0.2) is 0 Å². The summed E-state index contributed by atoms with van der Waals surface area (Å²) in [6, 6.07) is 14.9. The van der Waals surface area contributed by atoms with E-state index in [0.29, 0.717) is 16.6 Å². The normalized spacial score (nSPS) is 14.0. The van der Waals surface area contributed by atoms with Gasteiger partial charge >= 0.3 is 0 Å². The van der Waals surface area contributed by atoms with Crippen LogP contribution in [0.15, 0.2) is 46.6 Å². The molecule has 3 heteroatoms. The number of fused-ring (bicyclic) bond motifs is 1. The Labute approximate surface area is 161 Å². The molecule has 0 saturated carbocycles. The molecule has 24 heavy (non-hydrogen) atoms. The van der Waals surface area contributed by atoms with E-state index in [2.05, 4.69) is 99.9 Å². The zero-order valence-electron chi connectivity index (χ0n) is 15.5. The van der Waals surface area contributed by atoms with Crippen molar-refractivity contribution in [3.8, 4) is 0 Å². The topological polar surface area (TPSA) is 0 Å². The van der Waals surface area contributed by atoms with E-state index < -0.39 is 8.07 Å². The molecule has 0 fully saturated rings. The number of hydrogen-bond donors (Lipinski definition) is 0. The second-order valence-electron chi connectivity index (χ2n) is 7.55. The van der Waals surface area contributed by atoms with Gasteiger partial charge in [0.2, 0.25) is 0 Å². The summed E-state index contributed by atoms with van der Waals surface area (Å²) < 4.78 is 1.27. The van der Waals surface area contributed by atoms with E-state index in [4.69, 9.17) is 11.6 Å². The van der Waals surface area contributed by atoms with Gasteiger partial charge in [-0.1, -0.05) is 112 Å². The highest BCUT2D eigenvalue weighted by atomic mass is 79.9. The fourth-order valence-corrected chi connectivity index (χ4v) is 15.5. The van der Waals surface area contributed by atoms with Crippen molar-refractivity contribution >= 4 is 51.4 Å². The predicted octanol–water partition coefficient (Wildman–Crippen LogP) is 8.36. The Balaban J connectivity index is 2.76. The molecular weight excluding hydrogens is 396 g/mol. The van der Waals surface area contributed by atoms with Crippen molar-refractivity contribution < 1.29 is 0 Å². The first-order valence-electron chi connectivity index (χ1n) is 8.78. The second-order valence-corrected chi connectivity index (χ2v) is 15.3. The van der Waals surface area contributed by atoms with Gasteiger partial charge in [0.05, 0.1) is 5.03 Å². The van der Waals surface area contributed by atoms with Crippen molar-refractivity contribution in [1.29, 1.82) is 0 Å². The van der Waals surface area contributed by atoms with Crippen molar-refractivity contribution in [1.82, 2.24) is 0 Å². The molecule has 0 saturated heterocycles. The molecule has 2 aromatic rings. The molecule has 0 bridgehead atoms. The Hall–Kier alpha value is -0.573. The third-order valence-electron chi connectivity index (χ3n) is 5.47. The molecule has 0 aromatic heterocycles. The van der Waals surface area contributed by atoms with Crippen LogP contribution in [0.4, 0.5) is 0 Å². The van der Waals surface area contributed by atoms with E-state index in [0.717, 1.165) is 10.6 Å². The first-order valence-corrected chi connectivity index (χ1v) is 12.2. The fraction of sp³-hybridized carbons (Fsp3) is 0.429. The maximum atomic E-state index is 7.02. The molecule has 0 N–H and O–H groups in total. The van der Waals surface area contributed by atoms with Gasteiger partial charge in [0.1, 0.15) is 8.07 Å². The lowest BCUT2D eigenvalue weighted by atomic mass is 10.0. The van der Waals surface area contributed by atoms with Gasteiger partial charge in [-0.2, -0.15) is 0 Å². The van der Waals surface area contributed by atoms with Crippen LogP contribution in [0.25, 0.3) is 15.8 Å². The van der Waals surface area contributed by atoms with Crippen LogP contribution in [-0.4, -0.2) is 8.07 Å². The molecule has 0 radical (unpaired) electrons. The molecule has 2 rings (SSSR count). The van der Waals surface area contributed by atoms with Gasteiger partial charge in [0, 0.05) is 9.67 Å². The lowest BCUT2D eigenvalue weighted by molar-refractivity contribution is 0.832. The van der Waals surface area contributed by atoms with Crippen LogP contribution in [0.1, 0.15) is 47.1 Å². The molecule has 0 nitrogen and oxygen atoms in total. The molecule has 0 heterocycles. The number of rotatable bonds is 5. The van der Waals surface area contributed by atoms with Crippen LogP contribution >= 0.6 is 27.5 Å². The van der Waals surface area contributed by atoms with Crippen LogP contribution in [0.5, 0.6) is 0 Å². The van der Waals surface area contributed by atoms with Gasteiger partial charge in [0.25, 0.3) is 0 Å². The molecule has 0 atom stereocenters. The first-order chi connectivity index (χ1) is 11.2. The summed E-state index contributed by atoms with van der Waals surface area (Å²) >= 11 is 11.0. The Bertz CT molecular complexity index is 719. The average molecular weight is 424 g/mol. The third-order valence-corrected chi connectivity index (χ3v) is 15.4. The minimum atomic E-state index is -1.80. The Morgan fingerprint density at radius 2 is 1.33 bits per heavy atom. The summed E-state index contributed by atoms with van der Waals surface area (Å²) in [6.07, 6.45) is 0. The smallest absolute Gasteiger partial charge is 0.0832 e. The van der Waals surface area contributed by atoms with Gasteiger partial charge in [-0.15, -0.1) is 0 Å². The molecule has 0 aliphatic carbocycles. The number of benzene rings is 2. The molecule has 2 aromatic carbocycles. The van der Waals surface area contributed by atoms with E-state index in [1.54, 1.807) is 0 Å². The number of hydrogen-bond acceptors (Lipinski definition) is 0. The van der Waals surface area contributed by atoms with Crippen LogP contribution in [0, 0.1) is 0 Å². The van der Waals surface area contributed by atoms with Gasteiger partial charge in [-0.3, -0.25) is 0 Å². The van der Waals surface area contributed by atoms with Crippen LogP contribution in [-0.2, 0) is 0 Å². The highest BCUT2D eigenvalue weighted by Crippen LogP contribution is 2.51. The summed E-state index contributed by atoms with van der Waals surface area (Å²) in [5.74, 6) is 0. The van der Waals surface area contributed by atoms with Crippen molar-refractivity contribution in [2.75, 3.05) is 0 Å². The minimum absolute atomic E-state index is 0.621. The van der Waals surface area contributed by atoms with E-state index >= 15 is 0 Å². The van der Waals surface area contributed by atoms with E-state index in [1.807, 2.05) is 0 Å². The van der Waals surface area contributed by atoms with Crippen molar-refractivity contribution in [2.45, 2.75) is 58.2 Å². The van der Waals surface area contributed by atoms with E-state index in [9.17, 15) is 0 Å². The highest BCUT2D eigenvalue weighted by Gasteiger charge is 2.46. The van der Waals surface area contributed by atoms with E-state index in [1.165, 1.54) is 14.9 Å². The average Bonchev–Trinajstić information content (AvgIpc) is 2.53. The second kappa shape index (κ2) is 7.76. The largest absolute Gasteiger partial charge is 0.105 e. The lowest BCUT2D eigenvalue weighted by Gasteiger charge is -2.43. The summed E-state index contributed by atoms with van der Waals surface area (Å²) in [5, 5.41) is 3.36. The third kappa shape index (κ3) is 3.25. The molecular formula is C21H28BrClSi. The molecule has 0 amide bonds. The Morgan fingerprint density at radius 3 is 1.88 bits per heavy atom. The fourth-order valence-electron chi connectivity index (χ4n) is 4.49. The summed E-state index contributed by atoms with van der Waals surface area (Å²) in [7, 11) is -1.80. The minimum Gasteiger partial charge on any atom is -0.0832 e. The number of halogens is 2. The monoisotopic (exact) mass is 422 g/mol. The van der Waals surface area contributed by atoms with Crippen molar-refractivity contribution in [2.24, 2.45) is 0 Å². The van der Waals surface area contributed by atoms with E-state index in [-0.39, 0.29) is 0 Å². The zero-order valence-corrected chi connectivity index (χ0v) is 18.9. The molecule has 0 spiro atoms. The summed E-state index contributed by atoms with van der Waals surface area (Å²) in [5.41, 5.74) is 3.00. The standard InChI is InChI=1S/C21H28BrClSi/c1-14(2)24(15(3)4,16(5)6)21(22)20(23)19-13-9-11-17-10-7-8-12-18(17)19/h7-16H,1-6H3/b21-20-. The first kappa shape index (κ1) is 19.7. The maximum Gasteiger partial charge on any atom is 0.105 e. The van der Waals surface area contributed by atoms with Gasteiger partial charge in [-0.25, -0.2) is 0 Å². The van der Waals surface area contributed by atoms with Gasteiger partial charge in [-0.05, 0) is 27.4 Å². The zero-order chi connectivity index (χ0) is 18.1. The quantitative estimate of drug-likeness (QED) is 0.424. The summed E-state index contributed by atoms with van der Waals surface area (Å²) in [6.45, 7) is 14.2. The van der Waals surface area contributed by atoms with Gasteiger partial charge < -0.3 is 0 Å². The highest BCUT2D eigenvalue weighted by molar-refractivity contribution is 9.12. The van der Waals surface area contributed by atoms with Crippen LogP contribution < -0.4 is 0 Å². The van der Waals surface area contributed by atoms with Crippen LogP contribution in [0.3, 0.4) is 0 Å². The van der Waals surface area contributed by atoms with Crippen molar-refractivity contribution in [3.63, 3.8) is 0 Å². The molecule has 0 aliphatic rings. The summed E-state index contributed by atoms with van der Waals surface area (Å²) in [4.78, 5) is 0. The molecule has 130 valence electrons. The Kier molecular flexibility index (Phi) is 6.38. The van der Waals surface area contributed by atoms with Crippen molar-refractivity contribution in [3.05, 3.63) is 52.1 Å². The predicted molar refractivity (Wildman–Crippen MR) is 117 cm³/mol. The molecule has 0 aliphatic heterocycles.